The van der Waals surface area contributed by atoms with Gasteiger partial charge >= 0.3 is 11.9 Å². The summed E-state index contributed by atoms with van der Waals surface area (Å²) in [5.41, 5.74) is 3.30. The summed E-state index contributed by atoms with van der Waals surface area (Å²) in [4.78, 5) is 59.5. The van der Waals surface area contributed by atoms with Crippen LogP contribution in [-0.4, -0.2) is 33.5 Å². The molecule has 0 aliphatic heterocycles. The van der Waals surface area contributed by atoms with Crippen LogP contribution in [0.1, 0.15) is 49.7 Å². The Kier molecular flexibility index (Phi) is 8.01. The van der Waals surface area contributed by atoms with Gasteiger partial charge < -0.3 is 19.4 Å². The Hall–Kier alpha value is -5.18. The molecule has 0 saturated heterocycles. The highest BCUT2D eigenvalue weighted by Crippen LogP contribution is 2.36. The van der Waals surface area contributed by atoms with E-state index in [4.69, 9.17) is 32.7 Å². The van der Waals surface area contributed by atoms with Gasteiger partial charge in [-0.25, -0.2) is 0 Å². The van der Waals surface area contributed by atoms with E-state index in [2.05, 4.69) is 9.97 Å². The normalized spacial score (nSPS) is 11.1. The minimum absolute atomic E-state index is 0.0305. The van der Waals surface area contributed by atoms with E-state index in [1.807, 2.05) is 12.1 Å². The number of hydrogen-bond donors (Lipinski definition) is 2. The molecular weight excluding hydrogens is 615 g/mol. The van der Waals surface area contributed by atoms with Crippen molar-refractivity contribution < 1.29 is 28.7 Å². The van der Waals surface area contributed by atoms with Gasteiger partial charge in [-0.3, -0.25) is 19.2 Å². The van der Waals surface area contributed by atoms with Gasteiger partial charge in [0.2, 0.25) is 11.6 Å². The van der Waals surface area contributed by atoms with Crippen LogP contribution in [0.3, 0.4) is 0 Å². The Labute approximate surface area is 266 Å². The van der Waals surface area contributed by atoms with E-state index in [0.29, 0.717) is 43.0 Å². The molecule has 4 aromatic carbocycles. The van der Waals surface area contributed by atoms with E-state index in [9.17, 15) is 19.2 Å². The largest absolute Gasteiger partial charge is 0.423 e. The molecule has 2 N–H and O–H groups in total. The summed E-state index contributed by atoms with van der Waals surface area (Å²) in [6.07, 6.45) is -0.809. The Morgan fingerprint density at radius 2 is 1.00 bits per heavy atom. The zero-order valence-electron chi connectivity index (χ0n) is 24.0. The summed E-state index contributed by atoms with van der Waals surface area (Å²) >= 11 is 12.3. The Bertz CT molecular complexity index is 2020. The maximum absolute atomic E-state index is 13.6. The minimum Gasteiger partial charge on any atom is -0.423 e. The Balaban J connectivity index is 1.30. The molecule has 0 atom stereocenters. The third-order valence-corrected chi connectivity index (χ3v) is 7.85. The van der Waals surface area contributed by atoms with Crippen molar-refractivity contribution in [3.8, 4) is 11.5 Å². The molecule has 0 aliphatic carbocycles. The van der Waals surface area contributed by atoms with Crippen molar-refractivity contribution in [1.29, 1.82) is 0 Å². The van der Waals surface area contributed by atoms with Crippen molar-refractivity contribution in [2.75, 3.05) is 0 Å². The lowest BCUT2D eigenvalue weighted by Crippen LogP contribution is -2.20. The van der Waals surface area contributed by atoms with Gasteiger partial charge in [0, 0.05) is 31.9 Å². The number of ether oxygens (including phenoxy) is 2. The van der Waals surface area contributed by atoms with Crippen LogP contribution in [0.15, 0.2) is 84.9 Å². The molecule has 6 aromatic rings. The number of carbonyl (C=O) groups excluding carboxylic acids is 4. The molecule has 10 heteroatoms. The molecule has 0 fully saturated rings. The van der Waals surface area contributed by atoms with Gasteiger partial charge in [0.1, 0.15) is 17.8 Å². The summed E-state index contributed by atoms with van der Waals surface area (Å²) < 4.78 is 11.3. The molecule has 0 spiro atoms. The van der Waals surface area contributed by atoms with E-state index in [1.54, 1.807) is 86.6 Å². The number of fused-ring (bicyclic) bond motifs is 2. The molecule has 0 radical (unpaired) electrons. The highest BCUT2D eigenvalue weighted by Gasteiger charge is 2.27. The molecule has 0 bridgehead atoms. The number of benzene rings is 4. The number of rotatable bonds is 8. The molecule has 0 amide bonds. The van der Waals surface area contributed by atoms with Crippen LogP contribution >= 0.6 is 23.2 Å². The quantitative estimate of drug-likeness (QED) is 0.0992. The summed E-state index contributed by atoms with van der Waals surface area (Å²) in [5, 5.41) is 1.68. The van der Waals surface area contributed by atoms with E-state index < -0.39 is 29.9 Å². The van der Waals surface area contributed by atoms with Crippen LogP contribution in [0.5, 0.6) is 11.5 Å². The van der Waals surface area contributed by atoms with Crippen LogP contribution in [0.4, 0.5) is 0 Å². The maximum Gasteiger partial charge on any atom is 0.322 e. The molecule has 0 unspecified atom stereocenters. The zero-order valence-corrected chi connectivity index (χ0v) is 25.5. The standard InChI is InChI=1S/C35H24Cl2N2O6/c1-18-7-3-5-9-22(18)32(42)30-34(24-13-11-20(36)15-26(24)38-30)44-28(40)17-29(41)45-35-25-14-12-21(37)16-27(25)39-31(35)33(43)23-10-6-4-8-19(23)2/h3-16,38-39H,17H2,1-2H3. The molecule has 8 nitrogen and oxygen atoms in total. The first-order chi connectivity index (χ1) is 21.6. The molecule has 6 rings (SSSR count). The summed E-state index contributed by atoms with van der Waals surface area (Å²) in [7, 11) is 0. The lowest BCUT2D eigenvalue weighted by atomic mass is 10.0. The highest BCUT2D eigenvalue weighted by atomic mass is 35.5. The second-order valence-corrected chi connectivity index (χ2v) is 11.3. The van der Waals surface area contributed by atoms with Gasteiger partial charge in [-0.1, -0.05) is 71.7 Å². The Morgan fingerprint density at radius 1 is 0.600 bits per heavy atom. The molecular formula is C35H24Cl2N2O6. The number of aromatic nitrogens is 2. The number of halogens is 2. The van der Waals surface area contributed by atoms with Crippen LogP contribution in [-0.2, 0) is 9.59 Å². The zero-order chi connectivity index (χ0) is 31.8. The van der Waals surface area contributed by atoms with Crippen LogP contribution in [0, 0.1) is 13.8 Å². The molecule has 2 heterocycles. The molecule has 45 heavy (non-hydrogen) atoms. The van der Waals surface area contributed by atoms with Crippen molar-refractivity contribution in [3.05, 3.63) is 129 Å². The number of hydrogen-bond acceptors (Lipinski definition) is 6. The molecule has 0 saturated carbocycles. The fourth-order valence-electron chi connectivity index (χ4n) is 5.16. The van der Waals surface area contributed by atoms with Gasteiger partial charge in [0.15, 0.2) is 11.5 Å². The predicted octanol–water partition coefficient (Wildman–Crippen LogP) is 7.94. The number of aryl methyl sites for hydroxylation is 2. The van der Waals surface area contributed by atoms with Gasteiger partial charge in [0.25, 0.3) is 0 Å². The van der Waals surface area contributed by atoms with Crippen molar-refractivity contribution in [3.63, 3.8) is 0 Å². The molecule has 224 valence electrons. The van der Waals surface area contributed by atoms with E-state index >= 15 is 0 Å². The van der Waals surface area contributed by atoms with Gasteiger partial charge in [0.05, 0.1) is 11.0 Å². The van der Waals surface area contributed by atoms with Crippen molar-refractivity contribution in [2.45, 2.75) is 20.3 Å². The van der Waals surface area contributed by atoms with E-state index in [0.717, 1.165) is 11.1 Å². The molecule has 2 aromatic heterocycles. The van der Waals surface area contributed by atoms with Gasteiger partial charge in [-0.05, 0) is 61.4 Å². The third kappa shape index (κ3) is 5.85. The first kappa shape index (κ1) is 29.9. The monoisotopic (exact) mass is 638 g/mol. The second-order valence-electron chi connectivity index (χ2n) is 10.5. The first-order valence-electron chi connectivity index (χ1n) is 13.8. The predicted molar refractivity (Wildman–Crippen MR) is 172 cm³/mol. The fourth-order valence-corrected chi connectivity index (χ4v) is 5.51. The van der Waals surface area contributed by atoms with E-state index in [-0.39, 0.29) is 22.9 Å². The minimum atomic E-state index is -0.968. The SMILES string of the molecule is Cc1ccccc1C(=O)c1[nH]c2cc(Cl)ccc2c1OC(=O)CC(=O)Oc1c(C(=O)c2ccccc2C)[nH]c2cc(Cl)ccc12. The Morgan fingerprint density at radius 3 is 1.40 bits per heavy atom. The first-order valence-corrected chi connectivity index (χ1v) is 14.6. The second kappa shape index (κ2) is 12.1. The molecule has 0 aliphatic rings. The van der Waals surface area contributed by atoms with Gasteiger partial charge in [-0.15, -0.1) is 0 Å². The maximum atomic E-state index is 13.6. The lowest BCUT2D eigenvalue weighted by molar-refractivity contribution is -0.144. The topological polar surface area (TPSA) is 118 Å². The summed E-state index contributed by atoms with van der Waals surface area (Å²) in [6, 6.07) is 23.7. The average Bonchev–Trinajstić information content (AvgIpc) is 3.53. The number of nitrogens with one attached hydrogen (secondary N) is 2. The van der Waals surface area contributed by atoms with E-state index in [1.165, 1.54) is 0 Å². The van der Waals surface area contributed by atoms with Crippen LogP contribution in [0.2, 0.25) is 10.0 Å². The lowest BCUT2D eigenvalue weighted by Gasteiger charge is -2.09. The summed E-state index contributed by atoms with van der Waals surface area (Å²) in [6.45, 7) is 3.59. The van der Waals surface area contributed by atoms with Crippen LogP contribution in [0.25, 0.3) is 21.8 Å². The highest BCUT2D eigenvalue weighted by molar-refractivity contribution is 6.32. The number of aromatic amines is 2. The van der Waals surface area contributed by atoms with Gasteiger partial charge in [-0.2, -0.15) is 0 Å². The third-order valence-electron chi connectivity index (χ3n) is 7.38. The van der Waals surface area contributed by atoms with Crippen molar-refractivity contribution in [1.82, 2.24) is 9.97 Å². The number of carbonyl (C=O) groups is 4. The van der Waals surface area contributed by atoms with Crippen molar-refractivity contribution >= 4 is 68.5 Å². The smallest absolute Gasteiger partial charge is 0.322 e. The van der Waals surface area contributed by atoms with Crippen LogP contribution < -0.4 is 9.47 Å². The number of H-pyrrole nitrogens is 2. The van der Waals surface area contributed by atoms with Crippen molar-refractivity contribution in [2.24, 2.45) is 0 Å². The fraction of sp³-hybridized carbons (Fsp3) is 0.0857. The summed E-state index contributed by atoms with van der Waals surface area (Å²) in [5.74, 6) is -2.81. The number of esters is 2. The number of ketones is 2. The average molecular weight is 639 g/mol.